The molecule has 0 spiro atoms. The van der Waals surface area contributed by atoms with E-state index in [2.05, 4.69) is 148 Å². The number of ether oxygens (including phenoxy) is 2. The van der Waals surface area contributed by atoms with Gasteiger partial charge in [-0.2, -0.15) is 0 Å². The number of allylic oxidation sites excluding steroid dienone is 22. The smallest absolute Gasteiger partial charge is 0.462 e. The molecular weight excluding hydrogens is 1190 g/mol. The van der Waals surface area contributed by atoms with E-state index in [9.17, 15) is 19.0 Å². The number of phosphoric ester groups is 1. The number of hydrogen-bond acceptors (Lipinski definition) is 8. The van der Waals surface area contributed by atoms with Gasteiger partial charge in [-0.3, -0.25) is 18.6 Å². The van der Waals surface area contributed by atoms with Gasteiger partial charge in [-0.05, 0) is 96.3 Å². The van der Waals surface area contributed by atoms with E-state index in [1.165, 1.54) is 218 Å². The zero-order chi connectivity index (χ0) is 68.6. The quantitative estimate of drug-likeness (QED) is 0.0264. The van der Waals surface area contributed by atoms with E-state index >= 15 is 0 Å². The fourth-order valence-corrected chi connectivity index (χ4v) is 12.0. The second kappa shape index (κ2) is 79.1. The number of hydrogen-bond donors (Lipinski definition) is 2. The molecule has 0 saturated heterocycles. The number of unbranched alkanes of at least 4 members (excludes halogenated alkanes) is 39. The lowest BCUT2D eigenvalue weighted by Crippen LogP contribution is -2.29. The Morgan fingerprint density at radius 3 is 0.863 bits per heavy atom. The van der Waals surface area contributed by atoms with E-state index in [1.54, 1.807) is 0 Å². The molecule has 0 radical (unpaired) electrons. The molecule has 0 aliphatic rings. The van der Waals surface area contributed by atoms with E-state index in [-0.39, 0.29) is 38.6 Å². The van der Waals surface area contributed by atoms with Gasteiger partial charge in [-0.25, -0.2) is 4.57 Å². The maximum atomic E-state index is 12.8. The van der Waals surface area contributed by atoms with Gasteiger partial charge in [0.2, 0.25) is 0 Å². The first-order valence-electron chi connectivity index (χ1n) is 39.7. The highest BCUT2D eigenvalue weighted by molar-refractivity contribution is 7.47. The predicted molar refractivity (Wildman–Crippen MR) is 413 cm³/mol. The van der Waals surface area contributed by atoms with Crippen molar-refractivity contribution < 1.29 is 37.6 Å². The Bertz CT molecular complexity index is 2030. The van der Waals surface area contributed by atoms with Crippen molar-refractivity contribution in [2.75, 3.05) is 26.4 Å². The van der Waals surface area contributed by atoms with Crippen LogP contribution in [0.5, 0.6) is 0 Å². The van der Waals surface area contributed by atoms with Crippen LogP contribution in [0.4, 0.5) is 0 Å². The van der Waals surface area contributed by atoms with Crippen molar-refractivity contribution in [1.82, 2.24) is 0 Å². The van der Waals surface area contributed by atoms with Crippen LogP contribution in [0.25, 0.3) is 0 Å². The van der Waals surface area contributed by atoms with Gasteiger partial charge in [0.1, 0.15) is 6.61 Å². The summed E-state index contributed by atoms with van der Waals surface area (Å²) in [5.74, 6) is -0.861. The fourth-order valence-electron chi connectivity index (χ4n) is 11.2. The first-order valence-corrected chi connectivity index (χ1v) is 41.2. The van der Waals surface area contributed by atoms with Crippen molar-refractivity contribution in [3.8, 4) is 0 Å². The number of rotatable bonds is 74. The molecular formula is C85H148NO8P. The average Bonchev–Trinajstić information content (AvgIpc) is 2.64. The van der Waals surface area contributed by atoms with E-state index in [1.807, 2.05) is 0 Å². The summed E-state index contributed by atoms with van der Waals surface area (Å²) >= 11 is 0. The summed E-state index contributed by atoms with van der Waals surface area (Å²) in [5, 5.41) is 0. The minimum Gasteiger partial charge on any atom is -0.462 e. The summed E-state index contributed by atoms with van der Waals surface area (Å²) in [4.78, 5) is 35.4. The van der Waals surface area contributed by atoms with Gasteiger partial charge in [-0.15, -0.1) is 0 Å². The predicted octanol–water partition coefficient (Wildman–Crippen LogP) is 26.8. The maximum Gasteiger partial charge on any atom is 0.472 e. The number of esters is 2. The normalized spacial score (nSPS) is 13.6. The molecule has 0 aromatic rings. The summed E-state index contributed by atoms with van der Waals surface area (Å²) in [5.41, 5.74) is 5.41. The average molecular weight is 1340 g/mol. The summed E-state index contributed by atoms with van der Waals surface area (Å²) in [6.07, 6.45) is 113. The third-order valence-corrected chi connectivity index (χ3v) is 18.0. The Morgan fingerprint density at radius 1 is 0.326 bits per heavy atom. The number of carbonyl (C=O) groups excluding carboxylic acids is 2. The molecule has 10 heteroatoms. The molecule has 95 heavy (non-hydrogen) atoms. The fraction of sp³-hybridized carbons (Fsp3) is 0.718. The minimum absolute atomic E-state index is 0.0424. The van der Waals surface area contributed by atoms with Gasteiger partial charge < -0.3 is 20.1 Å². The lowest BCUT2D eigenvalue weighted by Gasteiger charge is -2.19. The van der Waals surface area contributed by atoms with Crippen LogP contribution in [0.2, 0.25) is 0 Å². The van der Waals surface area contributed by atoms with E-state index < -0.39 is 26.5 Å². The first-order chi connectivity index (χ1) is 46.8. The lowest BCUT2D eigenvalue weighted by molar-refractivity contribution is -0.161. The maximum absolute atomic E-state index is 12.8. The molecule has 0 aromatic heterocycles. The van der Waals surface area contributed by atoms with E-state index in [0.717, 1.165) is 109 Å². The summed E-state index contributed by atoms with van der Waals surface area (Å²) in [7, 11) is -4.41. The Hall–Kier alpha value is -3.85. The van der Waals surface area contributed by atoms with Crippen LogP contribution >= 0.6 is 7.82 Å². The van der Waals surface area contributed by atoms with Gasteiger partial charge >= 0.3 is 19.8 Å². The third-order valence-electron chi connectivity index (χ3n) is 17.1. The summed E-state index contributed by atoms with van der Waals surface area (Å²) < 4.78 is 33.2. The molecule has 9 nitrogen and oxygen atoms in total. The molecule has 0 heterocycles. The van der Waals surface area contributed by atoms with Gasteiger partial charge in [0.15, 0.2) is 6.10 Å². The lowest BCUT2D eigenvalue weighted by atomic mass is 10.0. The Labute approximate surface area is 586 Å². The number of nitrogens with two attached hydrogens (primary N) is 1. The largest absolute Gasteiger partial charge is 0.472 e. The Morgan fingerprint density at radius 2 is 0.579 bits per heavy atom. The molecule has 0 aromatic carbocycles. The molecule has 3 N–H and O–H groups in total. The zero-order valence-corrected chi connectivity index (χ0v) is 62.5. The van der Waals surface area contributed by atoms with Gasteiger partial charge in [0.05, 0.1) is 13.2 Å². The summed E-state index contributed by atoms with van der Waals surface area (Å²) in [6.45, 7) is 3.63. The second-order valence-electron chi connectivity index (χ2n) is 26.2. The van der Waals surface area contributed by atoms with Crippen molar-refractivity contribution in [1.29, 1.82) is 0 Å². The van der Waals surface area contributed by atoms with Crippen molar-refractivity contribution in [3.63, 3.8) is 0 Å². The number of phosphoric acid groups is 1. The number of carbonyl (C=O) groups is 2. The molecule has 546 valence electrons. The van der Waals surface area contributed by atoms with E-state index in [0.29, 0.717) is 6.42 Å². The molecule has 0 aliphatic heterocycles. The van der Waals surface area contributed by atoms with Crippen LogP contribution in [-0.4, -0.2) is 49.3 Å². The first kappa shape index (κ1) is 91.2. The van der Waals surface area contributed by atoms with Crippen molar-refractivity contribution in [2.24, 2.45) is 5.73 Å². The van der Waals surface area contributed by atoms with Gasteiger partial charge in [-0.1, -0.05) is 385 Å². The zero-order valence-electron chi connectivity index (χ0n) is 61.6. The summed E-state index contributed by atoms with van der Waals surface area (Å²) in [6, 6.07) is 0. The van der Waals surface area contributed by atoms with Crippen molar-refractivity contribution in [3.05, 3.63) is 134 Å². The molecule has 0 saturated carbocycles. The highest BCUT2D eigenvalue weighted by atomic mass is 31.2. The van der Waals surface area contributed by atoms with Gasteiger partial charge in [0.25, 0.3) is 0 Å². The van der Waals surface area contributed by atoms with Gasteiger partial charge in [0, 0.05) is 19.4 Å². The second-order valence-corrected chi connectivity index (χ2v) is 27.7. The Balaban J connectivity index is 3.90. The van der Waals surface area contributed by atoms with Crippen LogP contribution < -0.4 is 5.73 Å². The molecule has 2 unspecified atom stereocenters. The highest BCUT2D eigenvalue weighted by Crippen LogP contribution is 2.43. The minimum atomic E-state index is -4.41. The SMILES string of the molecule is CC/C=C\C/C=C\C/C=C\C/C=C\C/C=C\C/C=C\C/C=C\C/C=C\C/C=C\C/C=C\C/C=C\CCCCCC(=O)OC(COC(=O)CCCCCCCCCCCCCCCCCCCCCCCCCCCCCCCCCCCCCCC)COP(=O)(O)OCCN. The van der Waals surface area contributed by atoms with Crippen LogP contribution in [-0.2, 0) is 32.7 Å². The third kappa shape index (κ3) is 79.0. The molecule has 2 atom stereocenters. The molecule has 0 aliphatic carbocycles. The molecule has 0 fully saturated rings. The monoisotopic (exact) mass is 1340 g/mol. The highest BCUT2D eigenvalue weighted by Gasteiger charge is 2.26. The van der Waals surface area contributed by atoms with Crippen molar-refractivity contribution in [2.45, 2.75) is 367 Å². The molecule has 0 amide bonds. The van der Waals surface area contributed by atoms with Crippen LogP contribution in [0.1, 0.15) is 361 Å². The van der Waals surface area contributed by atoms with Crippen LogP contribution in [0, 0.1) is 0 Å². The molecule has 0 bridgehead atoms. The molecule has 0 rings (SSSR count). The standard InChI is InChI=1S/C85H148NO8P/c1-3-5-7-9-11-13-15-17-19-21-23-25-27-29-31-33-35-37-39-41-43-45-47-49-51-53-55-57-59-61-63-65-67-69-71-73-75-77-84(87)91-81-83(82-93-95(89,90)92-80-79-86)94-85(88)78-76-74-72-70-68-66-64-62-60-58-56-54-52-50-48-46-44-42-40-38-36-34-32-30-28-26-24-22-20-18-16-14-12-10-8-6-4-2/h6,8,12,14,18,20,24,26,30,32,36,38,42,44,48,50,54,56,60,62,66,68,83H,3-5,7,9-11,13,15-17,19,21-23,25,27-29,31,33-35,37,39-41,43,45-47,49,51-53,55,57-59,61,63-65,67,69-82,86H2,1-2H3,(H,89,90)/b8-6-,14-12-,20-18-,26-24-,32-30-,38-36-,44-42-,50-48-,56-54-,62-60-,68-66-. The van der Waals surface area contributed by atoms with Crippen molar-refractivity contribution >= 4 is 19.8 Å². The topological polar surface area (TPSA) is 134 Å². The Kier molecular flexibility index (Phi) is 75.9. The van der Waals surface area contributed by atoms with E-state index in [4.69, 9.17) is 24.3 Å². The van der Waals surface area contributed by atoms with Crippen LogP contribution in [0.15, 0.2) is 134 Å². The van der Waals surface area contributed by atoms with Crippen LogP contribution in [0.3, 0.4) is 0 Å².